The molecule has 0 radical (unpaired) electrons. The maximum absolute atomic E-state index is 13.3. The van der Waals surface area contributed by atoms with Crippen LogP contribution in [0.5, 0.6) is 5.75 Å². The number of aromatic hydroxyl groups is 1. The van der Waals surface area contributed by atoms with Crippen molar-refractivity contribution < 1.29 is 9.90 Å². The van der Waals surface area contributed by atoms with E-state index in [9.17, 15) is 14.7 Å². The maximum atomic E-state index is 13.3. The summed E-state index contributed by atoms with van der Waals surface area (Å²) in [5.41, 5.74) is 4.19. The van der Waals surface area contributed by atoms with Crippen molar-refractivity contribution in [2.45, 2.75) is 13.0 Å². The van der Waals surface area contributed by atoms with Gasteiger partial charge in [0.05, 0.1) is 17.1 Å². The lowest BCUT2D eigenvalue weighted by molar-refractivity contribution is -0.123. The van der Waals surface area contributed by atoms with Crippen LogP contribution in [0.1, 0.15) is 18.5 Å². The Balaban J connectivity index is 1.70. The smallest absolute Gasteiger partial charge is 0.263 e. The number of phenolic OH excluding ortho intramolecular Hbond substituents is 1. The Hall–Kier alpha value is -4.26. The molecule has 1 amide bonds. The van der Waals surface area contributed by atoms with Crippen LogP contribution in [-0.4, -0.2) is 26.8 Å². The van der Waals surface area contributed by atoms with Crippen LogP contribution in [0.2, 0.25) is 0 Å². The van der Waals surface area contributed by atoms with Gasteiger partial charge in [0.15, 0.2) is 0 Å². The first-order chi connectivity index (χ1) is 15.0. The summed E-state index contributed by atoms with van der Waals surface area (Å²) in [4.78, 5) is 30.8. The van der Waals surface area contributed by atoms with Crippen molar-refractivity contribution in [3.63, 3.8) is 0 Å². The summed E-state index contributed by atoms with van der Waals surface area (Å²) in [5, 5.41) is 13.7. The molecule has 0 unspecified atom stereocenters. The fourth-order valence-electron chi connectivity index (χ4n) is 3.24. The van der Waals surface area contributed by atoms with Gasteiger partial charge in [0.2, 0.25) is 0 Å². The predicted octanol–water partition coefficient (Wildman–Crippen LogP) is 3.48. The number of aromatic nitrogens is 2. The SMILES string of the molecule is C[C@H](C(=O)N/N=C/c1ccc(O)cc1)n1c(-c2ccccc2)nc2ccccc2c1=O. The molecule has 31 heavy (non-hydrogen) atoms. The van der Waals surface area contributed by atoms with E-state index in [2.05, 4.69) is 15.5 Å². The van der Waals surface area contributed by atoms with Gasteiger partial charge in [-0.05, 0) is 48.9 Å². The number of fused-ring (bicyclic) bond motifs is 1. The minimum absolute atomic E-state index is 0.145. The highest BCUT2D eigenvalue weighted by atomic mass is 16.3. The summed E-state index contributed by atoms with van der Waals surface area (Å²) in [7, 11) is 0. The number of nitrogens with zero attached hydrogens (tertiary/aromatic N) is 3. The van der Waals surface area contributed by atoms with Gasteiger partial charge in [0, 0.05) is 5.56 Å². The Kier molecular flexibility index (Phi) is 5.57. The largest absolute Gasteiger partial charge is 0.508 e. The van der Waals surface area contributed by atoms with Gasteiger partial charge in [-0.1, -0.05) is 42.5 Å². The number of carbonyl (C=O) groups is 1. The minimum atomic E-state index is -0.850. The molecule has 0 saturated carbocycles. The van der Waals surface area contributed by atoms with Crippen molar-refractivity contribution in [1.82, 2.24) is 15.0 Å². The lowest BCUT2D eigenvalue weighted by atomic mass is 10.1. The number of para-hydroxylation sites is 1. The van der Waals surface area contributed by atoms with E-state index in [0.717, 1.165) is 5.56 Å². The molecule has 0 spiro atoms. The number of carbonyl (C=O) groups excluding carboxylic acids is 1. The molecular formula is C24H20N4O3. The molecule has 7 nitrogen and oxygen atoms in total. The fraction of sp³-hybridized carbons (Fsp3) is 0.0833. The van der Waals surface area contributed by atoms with Crippen LogP contribution >= 0.6 is 0 Å². The summed E-state index contributed by atoms with van der Waals surface area (Å²) < 4.78 is 1.39. The molecule has 1 heterocycles. The summed E-state index contributed by atoms with van der Waals surface area (Å²) >= 11 is 0. The molecule has 3 aromatic carbocycles. The second-order valence-electron chi connectivity index (χ2n) is 7.00. The Morgan fingerprint density at radius 2 is 1.71 bits per heavy atom. The van der Waals surface area contributed by atoms with Gasteiger partial charge in [0.1, 0.15) is 17.6 Å². The van der Waals surface area contributed by atoms with E-state index in [1.165, 1.54) is 22.9 Å². The van der Waals surface area contributed by atoms with Gasteiger partial charge >= 0.3 is 0 Å². The van der Waals surface area contributed by atoms with E-state index >= 15 is 0 Å². The molecule has 0 aliphatic rings. The number of nitrogens with one attached hydrogen (secondary N) is 1. The first kappa shape index (κ1) is 20.0. The lowest BCUT2D eigenvalue weighted by Gasteiger charge is -2.18. The number of benzene rings is 3. The normalized spacial score (nSPS) is 12.2. The number of amides is 1. The van der Waals surface area contributed by atoms with Gasteiger partial charge in [-0.25, -0.2) is 10.4 Å². The van der Waals surface area contributed by atoms with Crippen LogP contribution < -0.4 is 11.0 Å². The van der Waals surface area contributed by atoms with Crippen LogP contribution in [0.15, 0.2) is 88.8 Å². The third-order valence-electron chi connectivity index (χ3n) is 4.89. The zero-order chi connectivity index (χ0) is 21.8. The number of phenols is 1. The van der Waals surface area contributed by atoms with Crippen LogP contribution in [0.3, 0.4) is 0 Å². The standard InChI is InChI=1S/C24H20N4O3/c1-16(23(30)27-25-15-17-11-13-19(29)14-12-17)28-22(18-7-3-2-4-8-18)26-21-10-6-5-9-20(21)24(28)31/h2-16,29H,1H3,(H,27,30)/b25-15+/t16-/m1/s1. The first-order valence-electron chi connectivity index (χ1n) is 9.73. The van der Waals surface area contributed by atoms with E-state index in [1.807, 2.05) is 36.4 Å². The first-order valence-corrected chi connectivity index (χ1v) is 9.73. The Morgan fingerprint density at radius 1 is 1.03 bits per heavy atom. The average Bonchev–Trinajstić information content (AvgIpc) is 2.80. The molecule has 1 aromatic heterocycles. The van der Waals surface area contributed by atoms with Crippen molar-refractivity contribution in [3.05, 3.63) is 94.8 Å². The average molecular weight is 412 g/mol. The maximum Gasteiger partial charge on any atom is 0.263 e. The van der Waals surface area contributed by atoms with E-state index in [1.54, 1.807) is 37.3 Å². The van der Waals surface area contributed by atoms with Crippen LogP contribution in [0.25, 0.3) is 22.3 Å². The van der Waals surface area contributed by atoms with Gasteiger partial charge in [-0.2, -0.15) is 5.10 Å². The van der Waals surface area contributed by atoms with Crippen molar-refractivity contribution in [1.29, 1.82) is 0 Å². The summed E-state index contributed by atoms with van der Waals surface area (Å²) in [5.74, 6) is 0.104. The van der Waals surface area contributed by atoms with Gasteiger partial charge in [-0.15, -0.1) is 0 Å². The molecular weight excluding hydrogens is 392 g/mol. The Morgan fingerprint density at radius 3 is 2.45 bits per heavy atom. The number of hydrogen-bond acceptors (Lipinski definition) is 5. The molecule has 0 aliphatic carbocycles. The van der Waals surface area contributed by atoms with Gasteiger partial charge in [0.25, 0.3) is 11.5 Å². The highest BCUT2D eigenvalue weighted by Gasteiger charge is 2.22. The van der Waals surface area contributed by atoms with Gasteiger partial charge in [-0.3, -0.25) is 14.2 Å². The number of rotatable bonds is 5. The zero-order valence-corrected chi connectivity index (χ0v) is 16.8. The summed E-state index contributed by atoms with van der Waals surface area (Å²) in [6, 6.07) is 21.9. The van der Waals surface area contributed by atoms with Crippen molar-refractivity contribution in [3.8, 4) is 17.1 Å². The monoisotopic (exact) mass is 412 g/mol. The quantitative estimate of drug-likeness (QED) is 0.387. The third kappa shape index (κ3) is 4.20. The van der Waals surface area contributed by atoms with Crippen molar-refractivity contribution in [2.75, 3.05) is 0 Å². The second kappa shape index (κ2) is 8.62. The molecule has 4 rings (SSSR count). The molecule has 0 aliphatic heterocycles. The minimum Gasteiger partial charge on any atom is -0.508 e. The Labute approximate surface area is 178 Å². The highest BCUT2D eigenvalue weighted by Crippen LogP contribution is 2.22. The summed E-state index contributed by atoms with van der Waals surface area (Å²) in [6.07, 6.45) is 1.46. The lowest BCUT2D eigenvalue weighted by Crippen LogP contribution is -2.35. The zero-order valence-electron chi connectivity index (χ0n) is 16.8. The third-order valence-corrected chi connectivity index (χ3v) is 4.89. The Bertz CT molecular complexity index is 1310. The van der Waals surface area contributed by atoms with Crippen LogP contribution in [-0.2, 0) is 4.79 Å². The van der Waals surface area contributed by atoms with Crippen LogP contribution in [0, 0.1) is 0 Å². The molecule has 1 atom stereocenters. The van der Waals surface area contributed by atoms with Crippen molar-refractivity contribution in [2.24, 2.45) is 5.10 Å². The molecule has 2 N–H and O–H groups in total. The molecule has 4 aromatic rings. The topological polar surface area (TPSA) is 96.6 Å². The second-order valence-corrected chi connectivity index (χ2v) is 7.00. The molecule has 7 heteroatoms. The van der Waals surface area contributed by atoms with E-state index in [-0.39, 0.29) is 11.3 Å². The molecule has 0 fully saturated rings. The fourth-order valence-corrected chi connectivity index (χ4v) is 3.24. The molecule has 0 bridgehead atoms. The highest BCUT2D eigenvalue weighted by molar-refractivity contribution is 5.85. The molecule has 154 valence electrons. The van der Waals surface area contributed by atoms with E-state index in [0.29, 0.717) is 22.3 Å². The number of hydrazone groups is 1. The molecule has 0 saturated heterocycles. The van der Waals surface area contributed by atoms with E-state index in [4.69, 9.17) is 0 Å². The predicted molar refractivity (Wildman–Crippen MR) is 120 cm³/mol. The summed E-state index contributed by atoms with van der Waals surface area (Å²) in [6.45, 7) is 1.63. The van der Waals surface area contributed by atoms with E-state index < -0.39 is 11.9 Å². The van der Waals surface area contributed by atoms with Crippen LogP contribution in [0.4, 0.5) is 0 Å². The van der Waals surface area contributed by atoms with Gasteiger partial charge < -0.3 is 5.11 Å². The van der Waals surface area contributed by atoms with Crippen molar-refractivity contribution >= 4 is 23.0 Å². The number of hydrogen-bond donors (Lipinski definition) is 2.